The van der Waals surface area contributed by atoms with E-state index in [1.54, 1.807) is 50.9 Å². The summed E-state index contributed by atoms with van der Waals surface area (Å²) in [6, 6.07) is 19.2. The van der Waals surface area contributed by atoms with E-state index >= 15 is 0 Å². The molecule has 4 aromatic rings. The van der Waals surface area contributed by atoms with E-state index in [9.17, 15) is 19.2 Å². The molecule has 1 unspecified atom stereocenters. The van der Waals surface area contributed by atoms with E-state index in [4.69, 9.17) is 9.47 Å². The first-order valence-corrected chi connectivity index (χ1v) is 20.4. The Hall–Kier alpha value is -5.02. The molecule has 0 saturated heterocycles. The van der Waals surface area contributed by atoms with Crippen LogP contribution in [-0.2, 0) is 27.4 Å². The van der Waals surface area contributed by atoms with Gasteiger partial charge >= 0.3 is 18.2 Å². The first-order chi connectivity index (χ1) is 26.6. The standard InChI is InChI=1S/C27H43N7O6S2.2C7H8/c1-18(2)23-32-19(16-41-23)14-34(6)24(36)33-21(9-12-31-26(38)40-27(3,4)5)22(35)29-10-7-8-11-30-25(37)39-15-20-13-28-17-42-20;2*1-7-5-3-2-4-6-7/h13,16-18,21H,7-12,14-15H2,1-6H3,(H,29,35)(H,30,37)(H,31,38)(H,33,36);2*2-6H,1H3. The molecule has 0 spiro atoms. The number of ether oxygens (including phenoxy) is 2. The van der Waals surface area contributed by atoms with Gasteiger partial charge in [-0.2, -0.15) is 0 Å². The summed E-state index contributed by atoms with van der Waals surface area (Å²) in [5.74, 6) is -0.0809. The highest BCUT2D eigenvalue weighted by Gasteiger charge is 2.24. The van der Waals surface area contributed by atoms with E-state index in [-0.39, 0.29) is 25.5 Å². The zero-order valence-corrected chi connectivity index (χ0v) is 35.6. The third-order valence-corrected chi connectivity index (χ3v) is 9.35. The predicted octanol–water partition coefficient (Wildman–Crippen LogP) is 7.96. The quantitative estimate of drug-likeness (QED) is 0.0879. The highest BCUT2D eigenvalue weighted by atomic mass is 32.1. The number of urea groups is 1. The number of hydrogen-bond acceptors (Lipinski definition) is 10. The number of nitrogens with zero attached hydrogens (tertiary/aromatic N) is 3. The smallest absolute Gasteiger partial charge is 0.407 e. The average molecular weight is 810 g/mol. The van der Waals surface area contributed by atoms with Crippen molar-refractivity contribution >= 4 is 46.8 Å². The van der Waals surface area contributed by atoms with Gasteiger partial charge in [-0.05, 0) is 53.9 Å². The molecule has 5 amide bonds. The lowest BCUT2D eigenvalue weighted by atomic mass is 10.2. The number of aryl methyl sites for hydroxylation is 2. The normalized spacial score (nSPS) is 11.1. The molecule has 2 aromatic carbocycles. The Labute approximate surface area is 340 Å². The van der Waals surface area contributed by atoms with Crippen LogP contribution in [0.25, 0.3) is 0 Å². The molecule has 15 heteroatoms. The van der Waals surface area contributed by atoms with Gasteiger partial charge in [-0.1, -0.05) is 85.6 Å². The minimum atomic E-state index is -0.892. The lowest BCUT2D eigenvalue weighted by Gasteiger charge is -2.24. The number of alkyl carbamates (subject to hydrolysis) is 2. The molecule has 0 fully saturated rings. The van der Waals surface area contributed by atoms with E-state index < -0.39 is 29.9 Å². The van der Waals surface area contributed by atoms with Gasteiger partial charge in [0.25, 0.3) is 0 Å². The van der Waals surface area contributed by atoms with E-state index in [1.165, 1.54) is 27.4 Å². The molecule has 306 valence electrons. The summed E-state index contributed by atoms with van der Waals surface area (Å²) >= 11 is 2.95. The fourth-order valence-corrected chi connectivity index (χ4v) is 5.81. The Morgan fingerprint density at radius 2 is 1.41 bits per heavy atom. The van der Waals surface area contributed by atoms with Crippen molar-refractivity contribution in [3.63, 3.8) is 0 Å². The number of carbonyl (C=O) groups is 4. The lowest BCUT2D eigenvalue weighted by Crippen LogP contribution is -2.51. The topological polar surface area (TPSA) is 164 Å². The summed E-state index contributed by atoms with van der Waals surface area (Å²) in [6.45, 7) is 14.9. The monoisotopic (exact) mass is 809 g/mol. The Bertz CT molecular complexity index is 1660. The van der Waals surface area contributed by atoms with Crippen molar-refractivity contribution in [2.45, 2.75) is 98.4 Å². The molecule has 2 aromatic heterocycles. The molecule has 0 bridgehead atoms. The molecule has 0 aliphatic carbocycles. The first kappa shape index (κ1) is 47.1. The van der Waals surface area contributed by atoms with E-state index in [0.717, 1.165) is 15.6 Å². The third-order valence-electron chi connectivity index (χ3n) is 7.41. The summed E-state index contributed by atoms with van der Waals surface area (Å²) < 4.78 is 10.4. The molecule has 4 N–H and O–H groups in total. The zero-order chi connectivity index (χ0) is 41.3. The molecule has 2 heterocycles. The lowest BCUT2D eigenvalue weighted by molar-refractivity contribution is -0.123. The maximum Gasteiger partial charge on any atom is 0.407 e. The van der Waals surface area contributed by atoms with Crippen LogP contribution < -0.4 is 21.3 Å². The van der Waals surface area contributed by atoms with Gasteiger partial charge in [0, 0.05) is 44.2 Å². The molecule has 1 atom stereocenters. The number of hydrogen-bond donors (Lipinski definition) is 4. The average Bonchev–Trinajstić information content (AvgIpc) is 3.85. The van der Waals surface area contributed by atoms with Crippen LogP contribution in [0.2, 0.25) is 0 Å². The second-order valence-electron chi connectivity index (χ2n) is 14.2. The fourth-order valence-electron chi connectivity index (χ4n) is 4.48. The molecule has 56 heavy (non-hydrogen) atoms. The summed E-state index contributed by atoms with van der Waals surface area (Å²) in [7, 11) is 1.63. The van der Waals surface area contributed by atoms with E-state index in [1.807, 2.05) is 41.8 Å². The van der Waals surface area contributed by atoms with Crippen molar-refractivity contribution in [1.82, 2.24) is 36.1 Å². The number of benzene rings is 2. The zero-order valence-electron chi connectivity index (χ0n) is 33.9. The largest absolute Gasteiger partial charge is 0.444 e. The third kappa shape index (κ3) is 21.8. The molecule has 0 radical (unpaired) electrons. The van der Waals surface area contributed by atoms with Crippen LogP contribution in [0.3, 0.4) is 0 Å². The number of nitrogens with one attached hydrogen (secondary N) is 4. The van der Waals surface area contributed by atoms with Crippen molar-refractivity contribution in [2.75, 3.05) is 26.7 Å². The molecule has 13 nitrogen and oxygen atoms in total. The molecular weight excluding hydrogens is 751 g/mol. The van der Waals surface area contributed by atoms with Gasteiger partial charge < -0.3 is 35.6 Å². The van der Waals surface area contributed by atoms with E-state index in [2.05, 4.69) is 83.2 Å². The maximum atomic E-state index is 13.0. The Morgan fingerprint density at radius 1 is 0.821 bits per heavy atom. The Morgan fingerprint density at radius 3 is 1.91 bits per heavy atom. The van der Waals surface area contributed by atoms with Gasteiger partial charge in [0.15, 0.2) is 0 Å². The predicted molar refractivity (Wildman–Crippen MR) is 224 cm³/mol. The summed E-state index contributed by atoms with van der Waals surface area (Å²) in [5, 5.41) is 13.8. The Kier molecular flexibility index (Phi) is 21.8. The van der Waals surface area contributed by atoms with Gasteiger partial charge in [0.05, 0.1) is 27.6 Å². The van der Waals surface area contributed by atoms with Crippen molar-refractivity contribution in [1.29, 1.82) is 0 Å². The van der Waals surface area contributed by atoms with Gasteiger partial charge in [-0.15, -0.1) is 22.7 Å². The maximum absolute atomic E-state index is 13.0. The van der Waals surface area contributed by atoms with Crippen molar-refractivity contribution in [3.05, 3.63) is 104 Å². The summed E-state index contributed by atoms with van der Waals surface area (Å²) in [5.41, 5.74) is 4.43. The van der Waals surface area contributed by atoms with Gasteiger partial charge in [-0.25, -0.2) is 19.4 Å². The SMILES string of the molecule is CC(C)c1nc(CN(C)C(=O)NC(CCNC(=O)OC(C)(C)C)C(=O)NCCCCNC(=O)OCc2cncs2)cs1.Cc1ccccc1.Cc1ccccc1. The van der Waals surface area contributed by atoms with Crippen LogP contribution in [0.1, 0.15) is 86.5 Å². The molecule has 0 saturated carbocycles. The van der Waals surface area contributed by atoms with Gasteiger partial charge in [-0.3, -0.25) is 9.78 Å². The van der Waals surface area contributed by atoms with E-state index in [0.29, 0.717) is 38.4 Å². The second-order valence-corrected chi connectivity index (χ2v) is 16.0. The number of carbonyl (C=O) groups excluding carboxylic acids is 4. The molecule has 4 rings (SSSR count). The molecule has 0 aliphatic heterocycles. The van der Waals surface area contributed by atoms with Crippen LogP contribution in [-0.4, -0.2) is 77.3 Å². The number of amides is 5. The van der Waals surface area contributed by atoms with Gasteiger partial charge in [0.2, 0.25) is 5.91 Å². The second kappa shape index (κ2) is 25.9. The first-order valence-electron chi connectivity index (χ1n) is 18.6. The van der Waals surface area contributed by atoms with Crippen LogP contribution in [0.5, 0.6) is 0 Å². The molecular formula is C41H59N7O6S2. The van der Waals surface area contributed by atoms with Crippen molar-refractivity contribution in [2.24, 2.45) is 0 Å². The highest BCUT2D eigenvalue weighted by Crippen LogP contribution is 2.20. The van der Waals surface area contributed by atoms with Crippen LogP contribution in [0.15, 0.2) is 77.8 Å². The molecule has 0 aliphatic rings. The number of thiazole rings is 2. The van der Waals surface area contributed by atoms with Crippen LogP contribution in [0.4, 0.5) is 14.4 Å². The van der Waals surface area contributed by atoms with Crippen molar-refractivity contribution in [3.8, 4) is 0 Å². The minimum Gasteiger partial charge on any atom is -0.444 e. The summed E-state index contributed by atoms with van der Waals surface area (Å²) in [4.78, 5) is 60.6. The highest BCUT2D eigenvalue weighted by molar-refractivity contribution is 7.09. The van der Waals surface area contributed by atoms with Crippen molar-refractivity contribution < 1.29 is 28.7 Å². The number of unbranched alkanes of at least 4 members (excludes halogenated alkanes) is 1. The number of aromatic nitrogens is 2. The summed E-state index contributed by atoms with van der Waals surface area (Å²) in [6.07, 6.45) is 1.89. The minimum absolute atomic E-state index is 0.119. The number of rotatable bonds is 15. The van der Waals surface area contributed by atoms with Crippen LogP contribution in [0, 0.1) is 13.8 Å². The fraction of sp³-hybridized carbons (Fsp3) is 0.463. The van der Waals surface area contributed by atoms with Crippen LogP contribution >= 0.6 is 22.7 Å². The van der Waals surface area contributed by atoms with Gasteiger partial charge in [0.1, 0.15) is 18.2 Å². The Balaban J connectivity index is 0.000000638.